The zero-order chi connectivity index (χ0) is 35.5. The molecular formula is C51H37NO. The molecule has 0 N–H and O–H groups in total. The Bertz CT molecular complexity index is 2670. The van der Waals surface area contributed by atoms with Gasteiger partial charge in [0.15, 0.2) is 5.75 Å². The molecule has 53 heavy (non-hydrogen) atoms. The van der Waals surface area contributed by atoms with Crippen LogP contribution in [-0.2, 0) is 5.41 Å². The highest BCUT2D eigenvalue weighted by molar-refractivity contribution is 5.96. The number of hydrogen-bond donors (Lipinski definition) is 0. The van der Waals surface area contributed by atoms with Crippen molar-refractivity contribution in [2.24, 2.45) is 0 Å². The standard InChI is InChI=1S/C51H37NO/c1-51(2)46-25-12-11-23-42(46)43-30-28-39(33-47(43)51)52(38-20-13-19-36(31-38)34-15-5-3-6-16-34)48-26-14-24-45-41-22-10-9-21-40(41)44-29-27-37(32-49(44)53-50(45)48)35-17-7-4-8-18-35/h3-33H,1-2H3. The van der Waals surface area contributed by atoms with Crippen molar-refractivity contribution in [3.63, 3.8) is 0 Å². The Hall–Kier alpha value is -6.64. The molecule has 8 aromatic rings. The van der Waals surface area contributed by atoms with Crippen molar-refractivity contribution in [3.8, 4) is 67.1 Å². The molecule has 0 amide bonds. The summed E-state index contributed by atoms with van der Waals surface area (Å²) in [4.78, 5) is 2.39. The predicted octanol–water partition coefficient (Wildman–Crippen LogP) is 14.2. The lowest BCUT2D eigenvalue weighted by molar-refractivity contribution is 0.489. The van der Waals surface area contributed by atoms with Gasteiger partial charge in [0.25, 0.3) is 0 Å². The molecule has 0 bridgehead atoms. The van der Waals surface area contributed by atoms with Gasteiger partial charge in [0.1, 0.15) is 5.75 Å². The molecule has 0 atom stereocenters. The van der Waals surface area contributed by atoms with E-state index in [4.69, 9.17) is 4.74 Å². The molecule has 0 spiro atoms. The van der Waals surface area contributed by atoms with Crippen LogP contribution in [0, 0.1) is 0 Å². The number of ether oxygens (including phenoxy) is 1. The molecule has 10 rings (SSSR count). The van der Waals surface area contributed by atoms with Crippen molar-refractivity contribution >= 4 is 17.1 Å². The highest BCUT2D eigenvalue weighted by Gasteiger charge is 2.36. The molecule has 0 saturated carbocycles. The van der Waals surface area contributed by atoms with Gasteiger partial charge in [-0.1, -0.05) is 159 Å². The van der Waals surface area contributed by atoms with Crippen molar-refractivity contribution in [2.75, 3.05) is 4.90 Å². The van der Waals surface area contributed by atoms with Crippen LogP contribution >= 0.6 is 0 Å². The van der Waals surface area contributed by atoms with Crippen LogP contribution in [0.15, 0.2) is 188 Å². The summed E-state index contributed by atoms with van der Waals surface area (Å²) in [6.45, 7) is 4.69. The maximum absolute atomic E-state index is 7.26. The van der Waals surface area contributed by atoms with E-state index in [9.17, 15) is 0 Å². The number of anilines is 3. The number of nitrogens with zero attached hydrogens (tertiary/aromatic N) is 1. The molecule has 0 saturated heterocycles. The number of fused-ring (bicyclic) bond motifs is 8. The van der Waals surface area contributed by atoms with Crippen molar-refractivity contribution in [3.05, 3.63) is 199 Å². The SMILES string of the molecule is CC1(C)c2ccccc2-c2ccc(N(c3cccc(-c4ccccc4)c3)c3cccc4c3Oc3cc(-c5ccccc5)ccc3-c3ccccc3-4)cc21. The Morgan fingerprint density at radius 2 is 0.925 bits per heavy atom. The van der Waals surface area contributed by atoms with Crippen LogP contribution in [0.1, 0.15) is 25.0 Å². The third-order valence-electron chi connectivity index (χ3n) is 11.1. The van der Waals surface area contributed by atoms with E-state index in [1.165, 1.54) is 27.8 Å². The summed E-state index contributed by atoms with van der Waals surface area (Å²) in [6.07, 6.45) is 0. The zero-order valence-corrected chi connectivity index (χ0v) is 29.8. The molecule has 2 heteroatoms. The van der Waals surface area contributed by atoms with Crippen molar-refractivity contribution in [2.45, 2.75) is 19.3 Å². The highest BCUT2D eigenvalue weighted by Crippen LogP contribution is 2.55. The molecule has 2 nitrogen and oxygen atoms in total. The summed E-state index contributed by atoms with van der Waals surface area (Å²) in [5.41, 5.74) is 17.4. The molecule has 0 aromatic heterocycles. The average Bonchev–Trinajstić information content (AvgIpc) is 3.34. The van der Waals surface area contributed by atoms with E-state index in [2.05, 4.69) is 207 Å². The summed E-state index contributed by atoms with van der Waals surface area (Å²) in [5, 5.41) is 0. The fourth-order valence-corrected chi connectivity index (χ4v) is 8.44. The Morgan fingerprint density at radius 1 is 0.377 bits per heavy atom. The van der Waals surface area contributed by atoms with E-state index < -0.39 is 0 Å². The molecule has 0 unspecified atom stereocenters. The van der Waals surface area contributed by atoms with Gasteiger partial charge in [-0.25, -0.2) is 0 Å². The van der Waals surface area contributed by atoms with E-state index >= 15 is 0 Å². The van der Waals surface area contributed by atoms with Gasteiger partial charge in [-0.05, 0) is 98.1 Å². The number of rotatable bonds is 5. The van der Waals surface area contributed by atoms with E-state index in [-0.39, 0.29) is 5.41 Å². The third-order valence-corrected chi connectivity index (χ3v) is 11.1. The van der Waals surface area contributed by atoms with Gasteiger partial charge in [-0.3, -0.25) is 0 Å². The predicted molar refractivity (Wildman–Crippen MR) is 221 cm³/mol. The lowest BCUT2D eigenvalue weighted by atomic mass is 9.82. The summed E-state index contributed by atoms with van der Waals surface area (Å²) in [6, 6.07) is 67.7. The summed E-state index contributed by atoms with van der Waals surface area (Å²) in [5.74, 6) is 1.67. The van der Waals surface area contributed by atoms with Crippen LogP contribution in [0.3, 0.4) is 0 Å². The largest absolute Gasteiger partial charge is 0.454 e. The van der Waals surface area contributed by atoms with E-state index in [0.717, 1.165) is 67.5 Å². The first-order valence-electron chi connectivity index (χ1n) is 18.3. The summed E-state index contributed by atoms with van der Waals surface area (Å²) >= 11 is 0. The van der Waals surface area contributed by atoms with Gasteiger partial charge in [0.2, 0.25) is 0 Å². The van der Waals surface area contributed by atoms with Gasteiger partial charge in [-0.15, -0.1) is 0 Å². The molecule has 1 aliphatic heterocycles. The second-order valence-corrected chi connectivity index (χ2v) is 14.5. The summed E-state index contributed by atoms with van der Waals surface area (Å²) < 4.78 is 7.26. The van der Waals surface area contributed by atoms with Gasteiger partial charge >= 0.3 is 0 Å². The molecule has 8 aromatic carbocycles. The topological polar surface area (TPSA) is 12.5 Å². The number of hydrogen-bond acceptors (Lipinski definition) is 2. The lowest BCUT2D eigenvalue weighted by Gasteiger charge is -2.30. The molecule has 252 valence electrons. The van der Waals surface area contributed by atoms with Crippen molar-refractivity contribution in [1.29, 1.82) is 0 Å². The molecule has 2 aliphatic rings. The molecule has 0 radical (unpaired) electrons. The van der Waals surface area contributed by atoms with Crippen LogP contribution in [0.25, 0.3) is 55.6 Å². The second kappa shape index (κ2) is 12.3. The Labute approximate surface area is 311 Å². The maximum Gasteiger partial charge on any atom is 0.159 e. The van der Waals surface area contributed by atoms with Gasteiger partial charge in [0, 0.05) is 27.9 Å². The first kappa shape index (κ1) is 31.1. The average molecular weight is 680 g/mol. The zero-order valence-electron chi connectivity index (χ0n) is 29.8. The van der Waals surface area contributed by atoms with Crippen LogP contribution in [0.5, 0.6) is 11.5 Å². The first-order chi connectivity index (χ1) is 26.0. The molecule has 1 heterocycles. The van der Waals surface area contributed by atoms with E-state index in [0.29, 0.717) is 0 Å². The van der Waals surface area contributed by atoms with Crippen LogP contribution in [0.4, 0.5) is 17.1 Å². The lowest BCUT2D eigenvalue weighted by Crippen LogP contribution is -2.17. The van der Waals surface area contributed by atoms with E-state index in [1.807, 2.05) is 0 Å². The van der Waals surface area contributed by atoms with Gasteiger partial charge in [0.05, 0.1) is 5.69 Å². The van der Waals surface area contributed by atoms with Crippen LogP contribution < -0.4 is 9.64 Å². The maximum atomic E-state index is 7.26. The fraction of sp³-hybridized carbons (Fsp3) is 0.0588. The molecular weight excluding hydrogens is 643 g/mol. The summed E-state index contributed by atoms with van der Waals surface area (Å²) in [7, 11) is 0. The first-order valence-corrected chi connectivity index (χ1v) is 18.3. The van der Waals surface area contributed by atoms with Crippen LogP contribution in [-0.4, -0.2) is 0 Å². The molecule has 0 fully saturated rings. The monoisotopic (exact) mass is 679 g/mol. The normalized spacial score (nSPS) is 13.0. The Balaban J connectivity index is 1.21. The highest BCUT2D eigenvalue weighted by atomic mass is 16.5. The van der Waals surface area contributed by atoms with Crippen molar-refractivity contribution in [1.82, 2.24) is 0 Å². The van der Waals surface area contributed by atoms with E-state index in [1.54, 1.807) is 0 Å². The fourth-order valence-electron chi connectivity index (χ4n) is 8.44. The Kier molecular flexibility index (Phi) is 7.19. The quantitative estimate of drug-likeness (QED) is 0.180. The Morgan fingerprint density at radius 3 is 1.68 bits per heavy atom. The van der Waals surface area contributed by atoms with Crippen molar-refractivity contribution < 1.29 is 4.74 Å². The third kappa shape index (κ3) is 5.10. The van der Waals surface area contributed by atoms with Gasteiger partial charge < -0.3 is 9.64 Å². The molecule has 1 aliphatic carbocycles. The van der Waals surface area contributed by atoms with Crippen LogP contribution in [0.2, 0.25) is 0 Å². The minimum absolute atomic E-state index is 0.144. The number of benzene rings is 8. The number of para-hydroxylation sites is 1. The van der Waals surface area contributed by atoms with Gasteiger partial charge in [-0.2, -0.15) is 0 Å². The second-order valence-electron chi connectivity index (χ2n) is 14.5. The minimum atomic E-state index is -0.144. The smallest absolute Gasteiger partial charge is 0.159 e. The minimum Gasteiger partial charge on any atom is -0.454 e.